The van der Waals surface area contributed by atoms with E-state index in [0.29, 0.717) is 37.2 Å². The predicted octanol–water partition coefficient (Wildman–Crippen LogP) is 4.83. The molecule has 5 heteroatoms. The third-order valence-corrected chi connectivity index (χ3v) is 6.71. The van der Waals surface area contributed by atoms with Gasteiger partial charge < -0.3 is 9.80 Å². The number of nitrogens with zero attached hydrogens (tertiary/aromatic N) is 2. The molecule has 0 aromatic heterocycles. The molecule has 0 radical (unpaired) electrons. The number of amides is 2. The maximum Gasteiger partial charge on any atom is 0.237 e. The minimum Gasteiger partial charge on any atom is -0.335 e. The standard InChI is InChI=1S/C24H28N2O2S/c1-17(2)19-9-7-18(8-10-19)15-26(20-11-12-20)23(27)13-14-25-21-5-3-4-6-22(21)29-16-24(25)28/h3-10,17,20H,11-16H2,1-2H3. The van der Waals surface area contributed by atoms with E-state index < -0.39 is 0 Å². The topological polar surface area (TPSA) is 40.6 Å². The minimum absolute atomic E-state index is 0.0868. The monoisotopic (exact) mass is 408 g/mol. The number of benzene rings is 2. The van der Waals surface area contributed by atoms with Crippen LogP contribution >= 0.6 is 11.8 Å². The quantitative estimate of drug-likeness (QED) is 0.659. The maximum atomic E-state index is 13.0. The molecule has 0 saturated heterocycles. The maximum absolute atomic E-state index is 13.0. The zero-order valence-electron chi connectivity index (χ0n) is 17.1. The van der Waals surface area contributed by atoms with Crippen molar-refractivity contribution >= 4 is 29.3 Å². The summed E-state index contributed by atoms with van der Waals surface area (Å²) in [5.41, 5.74) is 3.42. The van der Waals surface area contributed by atoms with Crippen molar-refractivity contribution in [1.82, 2.24) is 4.90 Å². The zero-order valence-corrected chi connectivity index (χ0v) is 18.0. The molecule has 2 aliphatic rings. The molecule has 29 heavy (non-hydrogen) atoms. The van der Waals surface area contributed by atoms with Crippen molar-refractivity contribution in [1.29, 1.82) is 0 Å². The van der Waals surface area contributed by atoms with Gasteiger partial charge in [-0.25, -0.2) is 0 Å². The molecule has 152 valence electrons. The number of hydrogen-bond acceptors (Lipinski definition) is 3. The Hall–Kier alpha value is -2.27. The van der Waals surface area contributed by atoms with Crippen LogP contribution in [0.25, 0.3) is 0 Å². The fourth-order valence-corrected chi connectivity index (χ4v) is 4.70. The molecule has 2 aromatic carbocycles. The third kappa shape index (κ3) is 4.67. The number of fused-ring (bicyclic) bond motifs is 1. The number of carbonyl (C=O) groups is 2. The first kappa shape index (κ1) is 20.0. The lowest BCUT2D eigenvalue weighted by Crippen LogP contribution is -2.40. The molecule has 2 aromatic rings. The molecule has 0 spiro atoms. The minimum atomic E-state index is 0.0868. The number of thioether (sulfide) groups is 1. The van der Waals surface area contributed by atoms with Gasteiger partial charge in [0.25, 0.3) is 0 Å². The Morgan fingerprint density at radius 1 is 1.14 bits per heavy atom. The molecule has 0 bridgehead atoms. The second kappa shape index (κ2) is 8.62. The highest BCUT2D eigenvalue weighted by atomic mass is 32.2. The Labute approximate surface area is 177 Å². The molecule has 2 amide bonds. The normalized spacial score (nSPS) is 16.1. The van der Waals surface area contributed by atoms with Crippen LogP contribution in [0.1, 0.15) is 50.2 Å². The molecule has 1 aliphatic heterocycles. The van der Waals surface area contributed by atoms with Crippen LogP contribution < -0.4 is 4.90 Å². The van der Waals surface area contributed by atoms with Gasteiger partial charge in [0.1, 0.15) is 0 Å². The summed E-state index contributed by atoms with van der Waals surface area (Å²) in [5, 5.41) is 0. The summed E-state index contributed by atoms with van der Waals surface area (Å²) in [6.45, 7) is 5.48. The van der Waals surface area contributed by atoms with Crippen molar-refractivity contribution in [2.24, 2.45) is 0 Å². The van der Waals surface area contributed by atoms with Crippen LogP contribution in [-0.4, -0.2) is 35.1 Å². The van der Waals surface area contributed by atoms with E-state index in [9.17, 15) is 9.59 Å². The molecular weight excluding hydrogens is 380 g/mol. The van der Waals surface area contributed by atoms with Gasteiger partial charge in [-0.3, -0.25) is 9.59 Å². The summed E-state index contributed by atoms with van der Waals surface area (Å²) < 4.78 is 0. The van der Waals surface area contributed by atoms with Gasteiger partial charge in [-0.1, -0.05) is 50.2 Å². The predicted molar refractivity (Wildman–Crippen MR) is 118 cm³/mol. The lowest BCUT2D eigenvalue weighted by molar-refractivity contribution is -0.132. The van der Waals surface area contributed by atoms with E-state index in [0.717, 1.165) is 23.4 Å². The van der Waals surface area contributed by atoms with Gasteiger partial charge in [0.15, 0.2) is 0 Å². The molecule has 1 heterocycles. The van der Waals surface area contributed by atoms with Gasteiger partial charge >= 0.3 is 0 Å². The Balaban J connectivity index is 1.41. The lowest BCUT2D eigenvalue weighted by Gasteiger charge is -2.30. The van der Waals surface area contributed by atoms with Gasteiger partial charge in [0.2, 0.25) is 11.8 Å². The Morgan fingerprint density at radius 2 is 1.86 bits per heavy atom. The van der Waals surface area contributed by atoms with Crippen molar-refractivity contribution < 1.29 is 9.59 Å². The summed E-state index contributed by atoms with van der Waals surface area (Å²) in [7, 11) is 0. The first-order chi connectivity index (χ1) is 14.0. The number of anilines is 1. The van der Waals surface area contributed by atoms with Crippen LogP contribution in [0.4, 0.5) is 5.69 Å². The first-order valence-corrected chi connectivity index (χ1v) is 11.4. The van der Waals surface area contributed by atoms with E-state index in [1.54, 1.807) is 16.7 Å². The lowest BCUT2D eigenvalue weighted by atomic mass is 10.0. The van der Waals surface area contributed by atoms with Crippen molar-refractivity contribution in [2.45, 2.75) is 56.5 Å². The highest BCUT2D eigenvalue weighted by Crippen LogP contribution is 2.35. The summed E-state index contributed by atoms with van der Waals surface area (Å²) in [6.07, 6.45) is 2.53. The molecular formula is C24H28N2O2S. The summed E-state index contributed by atoms with van der Waals surface area (Å²) in [5.74, 6) is 1.18. The van der Waals surface area contributed by atoms with Crippen molar-refractivity contribution in [3.8, 4) is 0 Å². The van der Waals surface area contributed by atoms with Crippen LogP contribution in [0.15, 0.2) is 53.4 Å². The summed E-state index contributed by atoms with van der Waals surface area (Å²) in [4.78, 5) is 30.4. The molecule has 1 saturated carbocycles. The van der Waals surface area contributed by atoms with E-state index in [-0.39, 0.29) is 11.8 Å². The number of carbonyl (C=O) groups excluding carboxylic acids is 2. The van der Waals surface area contributed by atoms with Crippen LogP contribution in [0.5, 0.6) is 0 Å². The van der Waals surface area contributed by atoms with Crippen molar-refractivity contribution in [3.63, 3.8) is 0 Å². The average molecular weight is 409 g/mol. The Kier molecular flexibility index (Phi) is 5.95. The second-order valence-corrected chi connectivity index (χ2v) is 9.22. The van der Waals surface area contributed by atoms with E-state index >= 15 is 0 Å². The molecule has 0 atom stereocenters. The van der Waals surface area contributed by atoms with Crippen LogP contribution in [0.2, 0.25) is 0 Å². The van der Waals surface area contributed by atoms with Gasteiger partial charge in [-0.2, -0.15) is 0 Å². The van der Waals surface area contributed by atoms with Crippen LogP contribution in [0, 0.1) is 0 Å². The van der Waals surface area contributed by atoms with Crippen molar-refractivity contribution in [2.75, 3.05) is 17.2 Å². The van der Waals surface area contributed by atoms with Gasteiger partial charge in [0.05, 0.1) is 11.4 Å². The SMILES string of the molecule is CC(C)c1ccc(CN(C(=O)CCN2C(=O)CSc3ccccc32)C2CC2)cc1. The van der Waals surface area contributed by atoms with Gasteiger partial charge in [-0.15, -0.1) is 11.8 Å². The number of para-hydroxylation sites is 1. The second-order valence-electron chi connectivity index (χ2n) is 8.20. The van der Waals surface area contributed by atoms with Crippen LogP contribution in [0.3, 0.4) is 0 Å². The van der Waals surface area contributed by atoms with E-state index in [1.807, 2.05) is 29.2 Å². The van der Waals surface area contributed by atoms with Crippen LogP contribution in [-0.2, 0) is 16.1 Å². The molecule has 1 aliphatic carbocycles. The van der Waals surface area contributed by atoms with E-state index in [4.69, 9.17) is 0 Å². The third-order valence-electron chi connectivity index (χ3n) is 5.66. The van der Waals surface area contributed by atoms with Gasteiger partial charge in [-0.05, 0) is 42.0 Å². The Bertz CT molecular complexity index is 890. The van der Waals surface area contributed by atoms with Gasteiger partial charge in [0, 0.05) is 30.4 Å². The molecule has 0 unspecified atom stereocenters. The summed E-state index contributed by atoms with van der Waals surface area (Å²) in [6, 6.07) is 16.9. The fraction of sp³-hybridized carbons (Fsp3) is 0.417. The number of hydrogen-bond donors (Lipinski definition) is 0. The molecule has 4 nitrogen and oxygen atoms in total. The summed E-state index contributed by atoms with van der Waals surface area (Å²) >= 11 is 1.57. The van der Waals surface area contributed by atoms with Crippen molar-refractivity contribution in [3.05, 3.63) is 59.7 Å². The molecule has 4 rings (SSSR count). The largest absolute Gasteiger partial charge is 0.335 e. The zero-order chi connectivity index (χ0) is 20.4. The smallest absolute Gasteiger partial charge is 0.237 e. The molecule has 1 fully saturated rings. The number of rotatable bonds is 7. The fourth-order valence-electron chi connectivity index (χ4n) is 3.76. The highest BCUT2D eigenvalue weighted by molar-refractivity contribution is 8.00. The first-order valence-electron chi connectivity index (χ1n) is 10.4. The van der Waals surface area contributed by atoms with E-state index in [2.05, 4.69) is 38.1 Å². The average Bonchev–Trinajstić information content (AvgIpc) is 3.56. The molecule has 0 N–H and O–H groups in total. The highest BCUT2D eigenvalue weighted by Gasteiger charge is 2.33. The Morgan fingerprint density at radius 3 is 2.55 bits per heavy atom. The van der Waals surface area contributed by atoms with E-state index in [1.165, 1.54) is 11.1 Å².